The summed E-state index contributed by atoms with van der Waals surface area (Å²) in [5, 5.41) is 0. The van der Waals surface area contributed by atoms with Crippen molar-refractivity contribution in [1.29, 1.82) is 0 Å². The third-order valence-corrected chi connectivity index (χ3v) is 3.56. The fourth-order valence-corrected chi connectivity index (χ4v) is 1.57. The largest absolute Gasteiger partial charge is 0.460 e. The molecule has 0 aromatic rings. The molecule has 0 aliphatic carbocycles. The molecular weight excluding hydrogens is 508 g/mol. The lowest BCUT2D eigenvalue weighted by Gasteiger charge is -2.35. The van der Waals surface area contributed by atoms with Crippen LogP contribution in [0.15, 0.2) is 0 Å². The highest BCUT2D eigenvalue weighted by Gasteiger charge is 2.86. The summed E-state index contributed by atoms with van der Waals surface area (Å²) >= 11 is 8.46. The van der Waals surface area contributed by atoms with Gasteiger partial charge in [0.15, 0.2) is 4.84 Å². The number of halogens is 17. The van der Waals surface area contributed by atoms with Crippen molar-refractivity contribution in [3.05, 3.63) is 0 Å². The van der Waals surface area contributed by atoms with Crippen LogP contribution in [0.1, 0.15) is 0 Å². The van der Waals surface area contributed by atoms with E-state index in [0.29, 0.717) is 0 Å². The molecule has 0 heterocycles. The smallest absolute Gasteiger partial charge is 0.283 e. The third-order valence-electron chi connectivity index (χ3n) is 3.01. The first-order chi connectivity index (χ1) is 12.3. The lowest BCUT2D eigenvalue weighted by Crippen LogP contribution is -2.68. The van der Waals surface area contributed by atoms with Gasteiger partial charge in [-0.2, -0.15) is 65.9 Å². The van der Waals surface area contributed by atoms with E-state index in [2.05, 4.69) is 23.2 Å². The maximum Gasteiger partial charge on any atom is 0.460 e. The number of Topliss-reactive ketones (excluding diaryl/α,β-unsaturated/α-hetero) is 2. The van der Waals surface area contributed by atoms with Gasteiger partial charge in [0.25, 0.3) is 11.6 Å². The summed E-state index contributed by atoms with van der Waals surface area (Å²) in [6, 6.07) is 0. The lowest BCUT2D eigenvalue weighted by atomic mass is 9.92. The van der Waals surface area contributed by atoms with Gasteiger partial charge in [-0.15, -0.1) is 0 Å². The first-order valence-corrected chi connectivity index (χ1v) is 6.84. The van der Waals surface area contributed by atoms with Crippen LogP contribution in [0.3, 0.4) is 0 Å². The van der Waals surface area contributed by atoms with Gasteiger partial charge in [-0.1, -0.05) is 23.2 Å². The second kappa shape index (κ2) is 7.23. The molecule has 0 rings (SSSR count). The van der Waals surface area contributed by atoms with Crippen LogP contribution in [-0.4, -0.2) is 58.1 Å². The van der Waals surface area contributed by atoms with Gasteiger partial charge in [0.2, 0.25) is 0 Å². The van der Waals surface area contributed by atoms with Crippen molar-refractivity contribution in [1.82, 2.24) is 0 Å². The van der Waals surface area contributed by atoms with Crippen molar-refractivity contribution in [2.45, 2.75) is 46.5 Å². The van der Waals surface area contributed by atoms with Crippen molar-refractivity contribution < 1.29 is 75.4 Å². The molecule has 172 valence electrons. The Hall–Kier alpha value is -1.13. The molecule has 0 unspecified atom stereocenters. The molecule has 0 saturated heterocycles. The van der Waals surface area contributed by atoms with Gasteiger partial charge in [0.1, 0.15) is 0 Å². The van der Waals surface area contributed by atoms with Gasteiger partial charge < -0.3 is 0 Å². The zero-order valence-corrected chi connectivity index (χ0v) is 13.8. The number of alkyl halides is 17. The Kier molecular flexibility index (Phi) is 6.95. The summed E-state index contributed by atoms with van der Waals surface area (Å²) in [4.78, 5) is 17.8. The number of hydrogen-bond donors (Lipinski definition) is 0. The van der Waals surface area contributed by atoms with Crippen molar-refractivity contribution in [2.75, 3.05) is 0 Å². The summed E-state index contributed by atoms with van der Waals surface area (Å²) in [6.45, 7) is 0. The van der Waals surface area contributed by atoms with E-state index < -0.39 is 58.1 Å². The van der Waals surface area contributed by atoms with E-state index in [9.17, 15) is 75.4 Å². The van der Waals surface area contributed by atoms with Crippen LogP contribution in [0.2, 0.25) is 0 Å². The number of ketones is 2. The molecule has 0 bridgehead atoms. The highest BCUT2D eigenvalue weighted by Crippen LogP contribution is 2.55. The zero-order valence-electron chi connectivity index (χ0n) is 12.3. The molecule has 0 aromatic carbocycles. The van der Waals surface area contributed by atoms with E-state index in [4.69, 9.17) is 0 Å². The zero-order chi connectivity index (χ0) is 24.2. The van der Waals surface area contributed by atoms with Crippen LogP contribution in [0, 0.1) is 0 Å². The molecule has 0 spiro atoms. The Morgan fingerprint density at radius 2 is 0.793 bits per heavy atom. The second-order valence-electron chi connectivity index (χ2n) is 4.95. The highest BCUT2D eigenvalue weighted by atomic mass is 35.5. The molecule has 0 fully saturated rings. The van der Waals surface area contributed by atoms with E-state index >= 15 is 0 Å². The predicted octanol–water partition coefficient (Wildman–Crippen LogP) is 5.30. The summed E-state index contributed by atoms with van der Waals surface area (Å²) in [5.41, 5.74) is 0. The molecule has 0 aliphatic heterocycles. The van der Waals surface area contributed by atoms with Gasteiger partial charge in [-0.3, -0.25) is 9.59 Å². The van der Waals surface area contributed by atoms with Gasteiger partial charge in [0, 0.05) is 0 Å². The Morgan fingerprint density at radius 1 is 0.517 bits per heavy atom. The van der Waals surface area contributed by atoms with Gasteiger partial charge >= 0.3 is 41.7 Å². The maximum atomic E-state index is 13.2. The minimum Gasteiger partial charge on any atom is -0.283 e. The Morgan fingerprint density at radius 3 is 1.03 bits per heavy atom. The van der Waals surface area contributed by atoms with E-state index in [1.165, 1.54) is 0 Å². The average molecular weight is 509 g/mol. The van der Waals surface area contributed by atoms with Crippen molar-refractivity contribution >= 4 is 34.8 Å². The molecule has 19 heteroatoms. The third kappa shape index (κ3) is 3.83. The normalized spacial score (nSPS) is 15.7. The van der Waals surface area contributed by atoms with E-state index in [1.807, 2.05) is 0 Å². The molecule has 0 saturated carbocycles. The van der Waals surface area contributed by atoms with E-state index in [0.717, 1.165) is 0 Å². The minimum atomic E-state index is -7.99. The second-order valence-corrected chi connectivity index (χ2v) is 6.05. The van der Waals surface area contributed by atoms with Crippen LogP contribution in [0.4, 0.5) is 65.9 Å². The molecule has 2 nitrogen and oxygen atoms in total. The Bertz CT molecular complexity index is 666. The predicted molar refractivity (Wildman–Crippen MR) is 61.2 cm³/mol. The monoisotopic (exact) mass is 508 g/mol. The van der Waals surface area contributed by atoms with Crippen LogP contribution in [0.5, 0.6) is 0 Å². The number of carbonyl (C=O) groups is 2. The SMILES string of the molecule is O=C(C(=O)C(F)(F)C(F)(F)C(F)(F)C(F)(F)F)C(F)(F)C(F)(F)C(F)(F)C(Cl)Cl. The van der Waals surface area contributed by atoms with E-state index in [-0.39, 0.29) is 0 Å². The first kappa shape index (κ1) is 27.9. The van der Waals surface area contributed by atoms with E-state index in [1.54, 1.807) is 0 Å². The summed E-state index contributed by atoms with van der Waals surface area (Å²) in [7, 11) is 0. The topological polar surface area (TPSA) is 34.1 Å². The Labute approximate surface area is 157 Å². The van der Waals surface area contributed by atoms with Gasteiger partial charge in [-0.05, 0) is 0 Å². The fourth-order valence-electron chi connectivity index (χ4n) is 1.29. The van der Waals surface area contributed by atoms with Gasteiger partial charge in [0.05, 0.1) is 0 Å². The van der Waals surface area contributed by atoms with Crippen LogP contribution in [-0.2, 0) is 9.59 Å². The number of carbonyl (C=O) groups excluding carboxylic acids is 2. The molecule has 0 aliphatic rings. The first-order valence-electron chi connectivity index (χ1n) is 5.97. The number of hydrogen-bond acceptors (Lipinski definition) is 2. The number of rotatable bonds is 8. The minimum absolute atomic E-state index is 3.83. The molecule has 0 N–H and O–H groups in total. The van der Waals surface area contributed by atoms with Crippen molar-refractivity contribution in [2.24, 2.45) is 0 Å². The molecule has 0 radical (unpaired) electrons. The fraction of sp³-hybridized carbons (Fsp3) is 0.800. The molecular formula is C10HCl2F15O2. The maximum absolute atomic E-state index is 13.2. The van der Waals surface area contributed by atoms with Crippen molar-refractivity contribution in [3.63, 3.8) is 0 Å². The summed E-state index contributed by atoms with van der Waals surface area (Å²) in [5.74, 6) is -54.4. The average Bonchev–Trinajstić information content (AvgIpc) is 2.50. The molecule has 0 aromatic heterocycles. The summed E-state index contributed by atoms with van der Waals surface area (Å²) < 4.78 is 191. The van der Waals surface area contributed by atoms with Crippen LogP contribution >= 0.6 is 23.2 Å². The lowest BCUT2D eigenvalue weighted by molar-refractivity contribution is -0.388. The Balaban J connectivity index is 6.39. The highest BCUT2D eigenvalue weighted by molar-refractivity contribution is 6.45. The molecule has 0 atom stereocenters. The standard InChI is InChI=1S/C10HCl2F15O2/c11-3(12)6(17,18)7(19,20)4(13,14)1(28)2(29)5(15,16)8(21,22)9(23,24)10(25,26)27/h3H. The summed E-state index contributed by atoms with van der Waals surface area (Å²) in [6.07, 6.45) is -7.56. The van der Waals surface area contributed by atoms with Crippen LogP contribution in [0.25, 0.3) is 0 Å². The molecule has 29 heavy (non-hydrogen) atoms. The molecule has 0 amide bonds. The quantitative estimate of drug-likeness (QED) is 0.253. The van der Waals surface area contributed by atoms with Gasteiger partial charge in [-0.25, -0.2) is 0 Å². The van der Waals surface area contributed by atoms with Crippen LogP contribution < -0.4 is 0 Å². The van der Waals surface area contributed by atoms with Crippen molar-refractivity contribution in [3.8, 4) is 0 Å².